The van der Waals surface area contributed by atoms with Crippen LogP contribution in [0.15, 0.2) is 18.2 Å². The summed E-state index contributed by atoms with van der Waals surface area (Å²) >= 11 is 0. The van der Waals surface area contributed by atoms with Gasteiger partial charge in [0.25, 0.3) is 0 Å². The van der Waals surface area contributed by atoms with E-state index in [0.717, 1.165) is 5.01 Å². The van der Waals surface area contributed by atoms with Crippen LogP contribution >= 0.6 is 0 Å². The van der Waals surface area contributed by atoms with Crippen molar-refractivity contribution in [1.29, 1.82) is 0 Å². The number of carbonyl (C=O) groups excluding carboxylic acids is 1. The molecular formula is C9H13N3O3. The number of carbonyl (C=O) groups is 1. The van der Waals surface area contributed by atoms with Gasteiger partial charge >= 0.3 is 6.03 Å². The van der Waals surface area contributed by atoms with Gasteiger partial charge in [-0.2, -0.15) is 0 Å². The van der Waals surface area contributed by atoms with Crippen molar-refractivity contribution in [3.8, 4) is 11.5 Å². The summed E-state index contributed by atoms with van der Waals surface area (Å²) in [4.78, 5) is 10.8. The molecule has 0 aliphatic heterocycles. The van der Waals surface area contributed by atoms with E-state index in [1.807, 2.05) is 0 Å². The topological polar surface area (TPSA) is 90.8 Å². The third-order valence-corrected chi connectivity index (χ3v) is 1.88. The Bertz CT molecular complexity index is 368. The zero-order chi connectivity index (χ0) is 11.4. The van der Waals surface area contributed by atoms with Crippen LogP contribution in [0.5, 0.6) is 11.5 Å². The van der Waals surface area contributed by atoms with E-state index in [1.54, 1.807) is 18.2 Å². The summed E-state index contributed by atoms with van der Waals surface area (Å²) in [5.41, 5.74) is 5.45. The lowest BCUT2D eigenvalue weighted by atomic mass is 10.2. The molecule has 0 bridgehead atoms. The lowest BCUT2D eigenvalue weighted by molar-refractivity contribution is 0.254. The minimum Gasteiger partial charge on any atom is -0.493 e. The Balaban J connectivity index is 3.07. The van der Waals surface area contributed by atoms with Crippen LogP contribution in [-0.4, -0.2) is 20.3 Å². The number of ether oxygens (including phenoxy) is 2. The van der Waals surface area contributed by atoms with Gasteiger partial charge in [0.15, 0.2) is 11.5 Å². The number of nitrogens with zero attached hydrogens (tertiary/aromatic N) is 1. The number of nitrogens with two attached hydrogens (primary N) is 2. The molecule has 1 rings (SSSR count). The van der Waals surface area contributed by atoms with Gasteiger partial charge in [0.2, 0.25) is 0 Å². The molecule has 1 aromatic rings. The number of urea groups is 1. The minimum absolute atomic E-state index is 0.431. The van der Waals surface area contributed by atoms with Crippen molar-refractivity contribution >= 4 is 11.7 Å². The summed E-state index contributed by atoms with van der Waals surface area (Å²) < 4.78 is 10.1. The van der Waals surface area contributed by atoms with Gasteiger partial charge in [0, 0.05) is 6.07 Å². The first kappa shape index (κ1) is 11.1. The van der Waals surface area contributed by atoms with Gasteiger partial charge in [-0.15, -0.1) is 0 Å². The second-order valence-corrected chi connectivity index (χ2v) is 2.75. The number of hydrogen-bond donors (Lipinski definition) is 2. The van der Waals surface area contributed by atoms with Crippen LogP contribution in [0.4, 0.5) is 10.5 Å². The lowest BCUT2D eigenvalue weighted by Crippen LogP contribution is -2.41. The smallest absolute Gasteiger partial charge is 0.333 e. The first-order valence-corrected chi connectivity index (χ1v) is 4.16. The SMILES string of the molecule is COc1ccc(N(N)C(N)=O)cc1OC. The molecule has 2 amide bonds. The van der Waals surface area contributed by atoms with Gasteiger partial charge < -0.3 is 15.2 Å². The van der Waals surface area contributed by atoms with Gasteiger partial charge in [0.05, 0.1) is 19.9 Å². The molecular weight excluding hydrogens is 198 g/mol. The maximum Gasteiger partial charge on any atom is 0.333 e. The highest BCUT2D eigenvalue weighted by atomic mass is 16.5. The maximum atomic E-state index is 10.8. The van der Waals surface area contributed by atoms with Crippen molar-refractivity contribution in [2.75, 3.05) is 19.2 Å². The molecule has 0 radical (unpaired) electrons. The summed E-state index contributed by atoms with van der Waals surface area (Å²) in [5, 5.41) is 0.821. The molecule has 0 aliphatic carbocycles. The molecule has 0 spiro atoms. The Morgan fingerprint density at radius 1 is 1.27 bits per heavy atom. The molecule has 82 valence electrons. The number of primary amides is 1. The molecule has 0 heterocycles. The number of rotatable bonds is 3. The fourth-order valence-electron chi connectivity index (χ4n) is 1.10. The van der Waals surface area contributed by atoms with E-state index >= 15 is 0 Å². The predicted molar refractivity (Wildman–Crippen MR) is 55.8 cm³/mol. The lowest BCUT2D eigenvalue weighted by Gasteiger charge is -2.15. The first-order chi connectivity index (χ1) is 7.10. The molecule has 0 unspecified atom stereocenters. The highest BCUT2D eigenvalue weighted by Crippen LogP contribution is 2.30. The first-order valence-electron chi connectivity index (χ1n) is 4.16. The van der Waals surface area contributed by atoms with E-state index in [0.29, 0.717) is 17.2 Å². The van der Waals surface area contributed by atoms with Gasteiger partial charge in [0.1, 0.15) is 0 Å². The van der Waals surface area contributed by atoms with E-state index in [9.17, 15) is 4.79 Å². The van der Waals surface area contributed by atoms with Crippen LogP contribution in [0.2, 0.25) is 0 Å². The summed E-state index contributed by atoms with van der Waals surface area (Å²) in [6, 6.07) is 4.05. The van der Waals surface area contributed by atoms with Crippen molar-refractivity contribution in [3.05, 3.63) is 18.2 Å². The maximum absolute atomic E-state index is 10.8. The molecule has 0 saturated carbocycles. The van der Waals surface area contributed by atoms with Crippen molar-refractivity contribution in [3.63, 3.8) is 0 Å². The van der Waals surface area contributed by atoms with E-state index in [4.69, 9.17) is 21.1 Å². The second kappa shape index (κ2) is 4.52. The molecule has 0 aliphatic rings. The van der Waals surface area contributed by atoms with Crippen LogP contribution in [0, 0.1) is 0 Å². The Morgan fingerprint density at radius 3 is 2.33 bits per heavy atom. The number of hydrogen-bond acceptors (Lipinski definition) is 4. The van der Waals surface area contributed by atoms with Crippen LogP contribution in [0.25, 0.3) is 0 Å². The highest BCUT2D eigenvalue weighted by Gasteiger charge is 2.11. The molecule has 0 saturated heterocycles. The summed E-state index contributed by atoms with van der Waals surface area (Å²) in [7, 11) is 3.01. The van der Waals surface area contributed by atoms with Crippen LogP contribution < -0.4 is 26.1 Å². The Kier molecular flexibility index (Phi) is 3.35. The summed E-state index contributed by atoms with van der Waals surface area (Å²) in [6.07, 6.45) is 0. The van der Waals surface area contributed by atoms with Gasteiger partial charge in [-0.05, 0) is 12.1 Å². The third kappa shape index (κ3) is 2.29. The third-order valence-electron chi connectivity index (χ3n) is 1.88. The fourth-order valence-corrected chi connectivity index (χ4v) is 1.10. The fraction of sp³-hybridized carbons (Fsp3) is 0.222. The van der Waals surface area contributed by atoms with Gasteiger partial charge in [-0.25, -0.2) is 15.6 Å². The second-order valence-electron chi connectivity index (χ2n) is 2.75. The molecule has 0 atom stereocenters. The van der Waals surface area contributed by atoms with Crippen LogP contribution in [-0.2, 0) is 0 Å². The standard InChI is InChI=1S/C9H13N3O3/c1-14-7-4-3-6(5-8(7)15-2)12(11)9(10)13/h3-5H,11H2,1-2H3,(H2,10,13). The molecule has 15 heavy (non-hydrogen) atoms. The van der Waals surface area contributed by atoms with Crippen molar-refractivity contribution in [2.45, 2.75) is 0 Å². The summed E-state index contributed by atoms with van der Waals surface area (Å²) in [6.45, 7) is 0. The quantitative estimate of drug-likeness (QED) is 0.431. The normalized spacial score (nSPS) is 9.53. The molecule has 1 aromatic carbocycles. The minimum atomic E-state index is -0.748. The van der Waals surface area contributed by atoms with Gasteiger partial charge in [-0.1, -0.05) is 0 Å². The molecule has 0 fully saturated rings. The Morgan fingerprint density at radius 2 is 1.87 bits per heavy atom. The number of benzene rings is 1. The van der Waals surface area contributed by atoms with Crippen LogP contribution in [0.1, 0.15) is 0 Å². The molecule has 0 aromatic heterocycles. The zero-order valence-corrected chi connectivity index (χ0v) is 8.56. The monoisotopic (exact) mass is 211 g/mol. The number of methoxy groups -OCH3 is 2. The van der Waals surface area contributed by atoms with Crippen LogP contribution in [0.3, 0.4) is 0 Å². The number of amides is 2. The van der Waals surface area contributed by atoms with Crippen molar-refractivity contribution in [2.24, 2.45) is 11.6 Å². The average Bonchev–Trinajstić information content (AvgIpc) is 2.26. The Hall–Kier alpha value is -1.95. The largest absolute Gasteiger partial charge is 0.493 e. The average molecular weight is 211 g/mol. The zero-order valence-electron chi connectivity index (χ0n) is 8.56. The molecule has 6 nitrogen and oxygen atoms in total. The highest BCUT2D eigenvalue weighted by molar-refractivity contribution is 5.89. The number of anilines is 1. The van der Waals surface area contributed by atoms with E-state index in [2.05, 4.69) is 0 Å². The number of hydrazine groups is 1. The van der Waals surface area contributed by atoms with Crippen molar-refractivity contribution < 1.29 is 14.3 Å². The van der Waals surface area contributed by atoms with E-state index in [-0.39, 0.29) is 0 Å². The van der Waals surface area contributed by atoms with E-state index in [1.165, 1.54) is 14.2 Å². The molecule has 6 heteroatoms. The predicted octanol–water partition coefficient (Wildman–Crippen LogP) is 0.463. The van der Waals surface area contributed by atoms with Crippen molar-refractivity contribution in [1.82, 2.24) is 0 Å². The Labute approximate surface area is 87.3 Å². The summed E-state index contributed by atoms with van der Waals surface area (Å²) in [5.74, 6) is 6.45. The molecule has 4 N–H and O–H groups in total. The van der Waals surface area contributed by atoms with E-state index < -0.39 is 6.03 Å². The van der Waals surface area contributed by atoms with Gasteiger partial charge in [-0.3, -0.25) is 0 Å².